The maximum atomic E-state index is 9.69. The number of hydrogen-bond acceptors (Lipinski definition) is 5. The van der Waals surface area contributed by atoms with Crippen LogP contribution in [0.3, 0.4) is 0 Å². The number of nitrogens with zero attached hydrogens (tertiary/aromatic N) is 4. The van der Waals surface area contributed by atoms with Gasteiger partial charge in [0.05, 0.1) is 18.0 Å². The Morgan fingerprint density at radius 1 is 1.27 bits per heavy atom. The lowest BCUT2D eigenvalue weighted by Gasteiger charge is -2.10. The van der Waals surface area contributed by atoms with Gasteiger partial charge in [0.15, 0.2) is 0 Å². The molecule has 0 aliphatic carbocycles. The summed E-state index contributed by atoms with van der Waals surface area (Å²) in [6.07, 6.45) is 4.55. The number of pyridine rings is 1. The van der Waals surface area contributed by atoms with Crippen molar-refractivity contribution < 1.29 is 5.11 Å². The summed E-state index contributed by atoms with van der Waals surface area (Å²) >= 11 is 0. The second kappa shape index (κ2) is 5.95. The number of nitrogens with one attached hydrogen (secondary N) is 1. The Kier molecular flexibility index (Phi) is 3.84. The van der Waals surface area contributed by atoms with Crippen LogP contribution >= 0.6 is 0 Å². The highest BCUT2D eigenvalue weighted by atomic mass is 16.3. The molecule has 0 aliphatic heterocycles. The second-order valence-electron chi connectivity index (χ2n) is 5.10. The summed E-state index contributed by atoms with van der Waals surface area (Å²) in [4.78, 5) is 8.32. The lowest BCUT2D eigenvalue weighted by molar-refractivity contribution is 0.199. The Morgan fingerprint density at radius 3 is 2.86 bits per heavy atom. The number of aliphatic hydroxyl groups is 1. The van der Waals surface area contributed by atoms with Gasteiger partial charge in [0.2, 0.25) is 5.95 Å². The van der Waals surface area contributed by atoms with E-state index in [2.05, 4.69) is 20.4 Å². The summed E-state index contributed by atoms with van der Waals surface area (Å²) in [5.74, 6) is 0.495. The molecule has 3 aromatic rings. The third-order valence-electron chi connectivity index (χ3n) is 3.39. The molecule has 0 saturated heterocycles. The fourth-order valence-corrected chi connectivity index (χ4v) is 2.09. The predicted octanol–water partition coefficient (Wildman–Crippen LogP) is 2.77. The molecule has 0 radical (unpaired) electrons. The van der Waals surface area contributed by atoms with Gasteiger partial charge in [-0.25, -0.2) is 4.68 Å². The van der Waals surface area contributed by atoms with Crippen molar-refractivity contribution in [2.75, 3.05) is 5.32 Å². The first-order chi connectivity index (χ1) is 10.6. The van der Waals surface area contributed by atoms with Gasteiger partial charge in [-0.2, -0.15) is 4.98 Å². The lowest BCUT2D eigenvalue weighted by Crippen LogP contribution is -2.00. The number of aryl methyl sites for hydroxylation is 1. The number of rotatable bonds is 4. The first kappa shape index (κ1) is 14.2. The minimum absolute atomic E-state index is 0.495. The highest BCUT2D eigenvalue weighted by molar-refractivity contribution is 5.59. The second-order valence-corrected chi connectivity index (χ2v) is 5.10. The van der Waals surface area contributed by atoms with E-state index in [0.29, 0.717) is 5.95 Å². The van der Waals surface area contributed by atoms with Crippen LogP contribution in [-0.4, -0.2) is 24.9 Å². The molecule has 112 valence electrons. The Labute approximate surface area is 128 Å². The average molecular weight is 295 g/mol. The van der Waals surface area contributed by atoms with E-state index >= 15 is 0 Å². The Bertz CT molecular complexity index is 767. The molecule has 1 aromatic carbocycles. The predicted molar refractivity (Wildman–Crippen MR) is 84.2 cm³/mol. The summed E-state index contributed by atoms with van der Waals surface area (Å²) in [5.41, 5.74) is 3.63. The van der Waals surface area contributed by atoms with Gasteiger partial charge in [-0.3, -0.25) is 4.98 Å². The number of aliphatic hydroxyl groups excluding tert-OH is 1. The van der Waals surface area contributed by atoms with E-state index < -0.39 is 6.10 Å². The van der Waals surface area contributed by atoms with Crippen LogP contribution in [0.15, 0.2) is 49.1 Å². The monoisotopic (exact) mass is 295 g/mol. The highest BCUT2D eigenvalue weighted by Crippen LogP contribution is 2.23. The van der Waals surface area contributed by atoms with Crippen LogP contribution in [0.2, 0.25) is 0 Å². The molecule has 2 N–H and O–H groups in total. The van der Waals surface area contributed by atoms with E-state index in [0.717, 1.165) is 22.5 Å². The van der Waals surface area contributed by atoms with Crippen LogP contribution < -0.4 is 5.32 Å². The van der Waals surface area contributed by atoms with Crippen LogP contribution in [0.5, 0.6) is 0 Å². The minimum atomic E-state index is -0.512. The third-order valence-corrected chi connectivity index (χ3v) is 3.39. The number of anilines is 2. The smallest absolute Gasteiger partial charge is 0.246 e. The van der Waals surface area contributed by atoms with E-state index in [1.54, 1.807) is 30.3 Å². The summed E-state index contributed by atoms with van der Waals surface area (Å²) in [6, 6.07) is 9.53. The van der Waals surface area contributed by atoms with E-state index in [4.69, 9.17) is 0 Å². The number of benzene rings is 1. The van der Waals surface area contributed by atoms with Gasteiger partial charge in [-0.15, -0.1) is 5.10 Å². The summed E-state index contributed by atoms with van der Waals surface area (Å²) < 4.78 is 1.66. The number of aromatic nitrogens is 4. The molecular weight excluding hydrogens is 278 g/mol. The Morgan fingerprint density at radius 2 is 2.14 bits per heavy atom. The van der Waals surface area contributed by atoms with Crippen molar-refractivity contribution in [3.05, 3.63) is 60.2 Å². The lowest BCUT2D eigenvalue weighted by atomic mass is 10.1. The molecule has 3 rings (SSSR count). The van der Waals surface area contributed by atoms with Gasteiger partial charge in [0.25, 0.3) is 0 Å². The summed E-state index contributed by atoms with van der Waals surface area (Å²) in [6.45, 7) is 3.73. The molecule has 0 fully saturated rings. The van der Waals surface area contributed by atoms with Gasteiger partial charge in [0.1, 0.15) is 6.33 Å². The van der Waals surface area contributed by atoms with Gasteiger partial charge >= 0.3 is 0 Å². The van der Waals surface area contributed by atoms with E-state index in [1.165, 1.54) is 0 Å². The fourth-order valence-electron chi connectivity index (χ4n) is 2.09. The van der Waals surface area contributed by atoms with Gasteiger partial charge in [-0.05, 0) is 43.2 Å². The molecule has 0 aliphatic rings. The molecule has 22 heavy (non-hydrogen) atoms. The van der Waals surface area contributed by atoms with Gasteiger partial charge < -0.3 is 10.4 Å². The average Bonchev–Trinajstić information content (AvgIpc) is 2.99. The van der Waals surface area contributed by atoms with E-state index in [9.17, 15) is 5.11 Å². The summed E-state index contributed by atoms with van der Waals surface area (Å²) in [7, 11) is 0. The molecule has 0 bridgehead atoms. The Balaban J connectivity index is 1.85. The normalized spacial score (nSPS) is 12.1. The minimum Gasteiger partial charge on any atom is -0.389 e. The van der Waals surface area contributed by atoms with Crippen molar-refractivity contribution >= 4 is 11.6 Å². The maximum absolute atomic E-state index is 9.69. The molecule has 0 amide bonds. The van der Waals surface area contributed by atoms with Crippen molar-refractivity contribution in [2.24, 2.45) is 0 Å². The zero-order valence-electron chi connectivity index (χ0n) is 12.4. The topological polar surface area (TPSA) is 75.9 Å². The molecule has 1 atom stereocenters. The zero-order chi connectivity index (χ0) is 15.5. The Hall–Kier alpha value is -2.73. The third kappa shape index (κ3) is 2.96. The molecule has 6 nitrogen and oxygen atoms in total. The largest absolute Gasteiger partial charge is 0.389 e. The summed E-state index contributed by atoms with van der Waals surface area (Å²) in [5, 5.41) is 17.3. The van der Waals surface area contributed by atoms with Crippen molar-refractivity contribution in [2.45, 2.75) is 20.0 Å². The van der Waals surface area contributed by atoms with E-state index in [1.807, 2.05) is 37.3 Å². The molecule has 2 aromatic heterocycles. The first-order valence-corrected chi connectivity index (χ1v) is 7.01. The zero-order valence-corrected chi connectivity index (χ0v) is 12.4. The maximum Gasteiger partial charge on any atom is 0.246 e. The SMILES string of the molecule is Cc1ccc(C(C)O)cc1Nc1ncn(-c2cccnc2)n1. The van der Waals surface area contributed by atoms with Gasteiger partial charge in [-0.1, -0.05) is 12.1 Å². The van der Waals surface area contributed by atoms with Crippen LogP contribution in [0.25, 0.3) is 5.69 Å². The van der Waals surface area contributed by atoms with Crippen LogP contribution in [0.4, 0.5) is 11.6 Å². The van der Waals surface area contributed by atoms with E-state index in [-0.39, 0.29) is 0 Å². The fraction of sp³-hybridized carbons (Fsp3) is 0.188. The molecule has 6 heteroatoms. The van der Waals surface area contributed by atoms with Crippen molar-refractivity contribution in [3.8, 4) is 5.69 Å². The van der Waals surface area contributed by atoms with Crippen molar-refractivity contribution in [1.82, 2.24) is 19.7 Å². The highest BCUT2D eigenvalue weighted by Gasteiger charge is 2.08. The standard InChI is InChI=1S/C16H17N5O/c1-11-5-6-13(12(2)22)8-15(11)19-16-18-10-21(20-16)14-4-3-7-17-9-14/h3-10,12,22H,1-2H3,(H,19,20). The quantitative estimate of drug-likeness (QED) is 0.774. The van der Waals surface area contributed by atoms with Gasteiger partial charge in [0, 0.05) is 11.9 Å². The van der Waals surface area contributed by atoms with Crippen LogP contribution in [-0.2, 0) is 0 Å². The van der Waals surface area contributed by atoms with Crippen LogP contribution in [0, 0.1) is 6.92 Å². The molecular formula is C16H17N5O. The van der Waals surface area contributed by atoms with Crippen molar-refractivity contribution in [3.63, 3.8) is 0 Å². The van der Waals surface area contributed by atoms with Crippen molar-refractivity contribution in [1.29, 1.82) is 0 Å². The molecule has 1 unspecified atom stereocenters. The molecule has 0 spiro atoms. The molecule has 0 saturated carbocycles. The van der Waals surface area contributed by atoms with Crippen LogP contribution in [0.1, 0.15) is 24.2 Å². The molecule has 2 heterocycles. The number of hydrogen-bond donors (Lipinski definition) is 2. The first-order valence-electron chi connectivity index (χ1n) is 7.01.